The number of hydroxylamine groups is 2. The number of thioether (sulfide) groups is 1. The third-order valence-corrected chi connectivity index (χ3v) is 11.5. The molecule has 0 saturated heterocycles. The van der Waals surface area contributed by atoms with Gasteiger partial charge in [0.15, 0.2) is 0 Å². The Morgan fingerprint density at radius 1 is 0.453 bits per heavy atom. The average Bonchev–Trinajstić information content (AvgIpc) is 3.14. The van der Waals surface area contributed by atoms with Crippen LogP contribution in [-0.2, 0) is 9.57 Å². The number of amides is 2. The standard InChI is InChI=1S/C46H92N2O4S/c1-7-11-15-19-23-27-29-33-38-43(37-32-28-24-20-16-12-8-2)51-45(49)48(46(50)53-42-36-41-47(5)6)52-44(39-34-30-25-21-17-13-9-3)40-35-31-26-22-18-14-10-4/h43-44H,7-42H2,1-6H3. The predicted molar refractivity (Wildman–Crippen MR) is 233 cm³/mol. The SMILES string of the molecule is CCCCCCCCCCC(CCCCCCCCC)OC(=O)N(OC(CCCCCCCCC)CCCCCCCCC)C(=O)SCCCN(C)C. The molecule has 1 atom stereocenters. The molecule has 0 aliphatic carbocycles. The van der Waals surface area contributed by atoms with Gasteiger partial charge in [0, 0.05) is 5.75 Å². The van der Waals surface area contributed by atoms with Gasteiger partial charge in [0.1, 0.15) is 6.10 Å². The predicted octanol–water partition coefficient (Wildman–Crippen LogP) is 15.9. The van der Waals surface area contributed by atoms with Gasteiger partial charge in [-0.05, 0) is 65.6 Å². The highest BCUT2D eigenvalue weighted by Gasteiger charge is 2.30. The van der Waals surface area contributed by atoms with Gasteiger partial charge in [0.05, 0.1) is 6.10 Å². The van der Waals surface area contributed by atoms with Crippen molar-refractivity contribution in [1.82, 2.24) is 9.96 Å². The van der Waals surface area contributed by atoms with E-state index in [0.29, 0.717) is 5.75 Å². The van der Waals surface area contributed by atoms with Gasteiger partial charge >= 0.3 is 11.3 Å². The molecule has 0 aromatic carbocycles. The summed E-state index contributed by atoms with van der Waals surface area (Å²) in [5.41, 5.74) is 0. The highest BCUT2D eigenvalue weighted by atomic mass is 32.2. The summed E-state index contributed by atoms with van der Waals surface area (Å²) in [6.07, 6.45) is 39.5. The number of ether oxygens (including phenoxy) is 1. The number of rotatable bonds is 40. The molecular formula is C46H92N2O4S. The van der Waals surface area contributed by atoms with Gasteiger partial charge in [-0.15, -0.1) is 5.06 Å². The zero-order valence-electron chi connectivity index (χ0n) is 36.5. The lowest BCUT2D eigenvalue weighted by Gasteiger charge is -2.27. The molecule has 0 aliphatic heterocycles. The summed E-state index contributed by atoms with van der Waals surface area (Å²) in [7, 11) is 4.10. The highest BCUT2D eigenvalue weighted by Crippen LogP contribution is 2.24. The number of imide groups is 1. The fourth-order valence-corrected chi connectivity index (χ4v) is 7.79. The first kappa shape index (κ1) is 52.2. The molecule has 0 bridgehead atoms. The van der Waals surface area contributed by atoms with Crippen LogP contribution in [0.5, 0.6) is 0 Å². The van der Waals surface area contributed by atoms with E-state index >= 15 is 0 Å². The fraction of sp³-hybridized carbons (Fsp3) is 0.957. The van der Waals surface area contributed by atoms with E-state index in [1.807, 2.05) is 0 Å². The Kier molecular flexibility index (Phi) is 40.3. The summed E-state index contributed by atoms with van der Waals surface area (Å²) in [5.74, 6) is 0.657. The van der Waals surface area contributed by atoms with Gasteiger partial charge in [-0.2, -0.15) is 0 Å². The maximum absolute atomic E-state index is 14.0. The zero-order chi connectivity index (χ0) is 39.0. The fourth-order valence-electron chi connectivity index (χ4n) is 7.10. The molecule has 0 N–H and O–H groups in total. The number of hydrogen-bond acceptors (Lipinski definition) is 6. The van der Waals surface area contributed by atoms with Gasteiger partial charge < -0.3 is 9.64 Å². The minimum Gasteiger partial charge on any atom is -0.444 e. The van der Waals surface area contributed by atoms with Crippen LogP contribution in [0.3, 0.4) is 0 Å². The van der Waals surface area contributed by atoms with E-state index in [4.69, 9.17) is 9.57 Å². The Hall–Kier alpha value is -0.790. The van der Waals surface area contributed by atoms with Crippen molar-refractivity contribution in [2.45, 2.75) is 258 Å². The van der Waals surface area contributed by atoms with Crippen molar-refractivity contribution in [3.05, 3.63) is 0 Å². The molecule has 2 amide bonds. The first-order valence-electron chi connectivity index (χ1n) is 23.4. The molecule has 0 aromatic heterocycles. The van der Waals surface area contributed by atoms with Gasteiger partial charge in [-0.1, -0.05) is 213 Å². The van der Waals surface area contributed by atoms with Crippen LogP contribution in [0.4, 0.5) is 9.59 Å². The molecule has 0 fully saturated rings. The Bertz CT molecular complexity index is 765. The number of hydrogen-bond donors (Lipinski definition) is 0. The van der Waals surface area contributed by atoms with Crippen LogP contribution in [0.25, 0.3) is 0 Å². The van der Waals surface area contributed by atoms with Crippen molar-refractivity contribution in [2.75, 3.05) is 26.4 Å². The Morgan fingerprint density at radius 3 is 1.11 bits per heavy atom. The molecule has 53 heavy (non-hydrogen) atoms. The van der Waals surface area contributed by atoms with Crippen LogP contribution in [-0.4, -0.2) is 59.9 Å². The lowest BCUT2D eigenvalue weighted by Crippen LogP contribution is -2.40. The smallest absolute Gasteiger partial charge is 0.442 e. The van der Waals surface area contributed by atoms with Crippen molar-refractivity contribution in [1.29, 1.82) is 0 Å². The van der Waals surface area contributed by atoms with Gasteiger partial charge in [0.2, 0.25) is 0 Å². The van der Waals surface area contributed by atoms with Gasteiger partial charge in [-0.25, -0.2) is 4.79 Å². The molecule has 1 unspecified atom stereocenters. The first-order chi connectivity index (χ1) is 25.9. The highest BCUT2D eigenvalue weighted by molar-refractivity contribution is 8.13. The number of carbonyl (C=O) groups is 2. The normalized spacial score (nSPS) is 12.2. The van der Waals surface area contributed by atoms with E-state index in [9.17, 15) is 9.59 Å². The average molecular weight is 769 g/mol. The summed E-state index contributed by atoms with van der Waals surface area (Å²) in [6.45, 7) is 9.96. The Labute approximate surface area is 335 Å². The molecule has 0 aromatic rings. The number of carbonyl (C=O) groups excluding carboxylic acids is 2. The lowest BCUT2D eigenvalue weighted by molar-refractivity contribution is -0.145. The quantitative estimate of drug-likeness (QED) is 0.0457. The minimum absolute atomic E-state index is 0.144. The molecule has 316 valence electrons. The molecule has 0 spiro atoms. The van der Waals surface area contributed by atoms with Crippen LogP contribution < -0.4 is 0 Å². The summed E-state index contributed by atoms with van der Waals surface area (Å²) >= 11 is 1.20. The van der Waals surface area contributed by atoms with Crippen molar-refractivity contribution >= 4 is 23.1 Å². The first-order valence-corrected chi connectivity index (χ1v) is 24.4. The zero-order valence-corrected chi connectivity index (χ0v) is 37.4. The molecular weight excluding hydrogens is 677 g/mol. The van der Waals surface area contributed by atoms with Crippen molar-refractivity contribution in [3.8, 4) is 0 Å². The number of nitrogens with zero attached hydrogens (tertiary/aromatic N) is 2. The molecule has 6 nitrogen and oxygen atoms in total. The lowest BCUT2D eigenvalue weighted by atomic mass is 10.0. The molecule has 0 saturated carbocycles. The van der Waals surface area contributed by atoms with Gasteiger partial charge in [-0.3, -0.25) is 9.63 Å². The van der Waals surface area contributed by atoms with E-state index in [1.165, 1.54) is 172 Å². The maximum atomic E-state index is 14.0. The van der Waals surface area contributed by atoms with Crippen molar-refractivity contribution in [2.24, 2.45) is 0 Å². The van der Waals surface area contributed by atoms with E-state index in [2.05, 4.69) is 46.7 Å². The van der Waals surface area contributed by atoms with E-state index in [-0.39, 0.29) is 17.4 Å². The maximum Gasteiger partial charge on any atom is 0.442 e. The summed E-state index contributed by atoms with van der Waals surface area (Å²) < 4.78 is 6.26. The van der Waals surface area contributed by atoms with Crippen LogP contribution in [0.1, 0.15) is 246 Å². The topological polar surface area (TPSA) is 59.1 Å². The third kappa shape index (κ3) is 35.4. The monoisotopic (exact) mass is 769 g/mol. The van der Waals surface area contributed by atoms with Gasteiger partial charge in [0.25, 0.3) is 0 Å². The van der Waals surface area contributed by atoms with Crippen LogP contribution >= 0.6 is 11.8 Å². The second-order valence-electron chi connectivity index (χ2n) is 16.3. The summed E-state index contributed by atoms with van der Waals surface area (Å²) in [5, 5.41) is 0.735. The van der Waals surface area contributed by atoms with Crippen molar-refractivity contribution in [3.63, 3.8) is 0 Å². The van der Waals surface area contributed by atoms with Crippen molar-refractivity contribution < 1.29 is 19.2 Å². The van der Waals surface area contributed by atoms with E-state index < -0.39 is 6.09 Å². The molecule has 0 rings (SSSR count). The Morgan fingerprint density at radius 2 is 0.774 bits per heavy atom. The molecule has 0 heterocycles. The summed E-state index contributed by atoms with van der Waals surface area (Å²) in [4.78, 5) is 36.4. The minimum atomic E-state index is -0.591. The molecule has 7 heteroatoms. The van der Waals surface area contributed by atoms with Crippen LogP contribution in [0.2, 0.25) is 0 Å². The van der Waals surface area contributed by atoms with E-state index in [0.717, 1.165) is 69.4 Å². The largest absolute Gasteiger partial charge is 0.444 e. The second kappa shape index (κ2) is 40.9. The van der Waals surface area contributed by atoms with E-state index in [1.54, 1.807) is 0 Å². The van der Waals surface area contributed by atoms with Crippen LogP contribution in [0.15, 0.2) is 0 Å². The number of unbranched alkanes of at least 4 members (excludes halogenated alkanes) is 25. The second-order valence-corrected chi connectivity index (χ2v) is 17.3. The summed E-state index contributed by atoms with van der Waals surface area (Å²) in [6, 6.07) is 0. The molecule has 0 aliphatic rings. The van der Waals surface area contributed by atoms with Crippen LogP contribution in [0, 0.1) is 0 Å². The third-order valence-electron chi connectivity index (χ3n) is 10.6. The molecule has 0 radical (unpaired) electrons. The Balaban J connectivity index is 5.64.